The van der Waals surface area contributed by atoms with Crippen molar-refractivity contribution in [1.82, 2.24) is 9.97 Å². The highest BCUT2D eigenvalue weighted by molar-refractivity contribution is 6.56. The molecule has 0 atom stereocenters. The average molecular weight is 281 g/mol. The fourth-order valence-electron chi connectivity index (χ4n) is 2.51. The average Bonchev–Trinajstić information content (AvgIpc) is 2.95. The quantitative estimate of drug-likeness (QED) is 0.719. The van der Waals surface area contributed by atoms with Gasteiger partial charge in [0.15, 0.2) is 11.7 Å². The second-order valence-electron chi connectivity index (χ2n) is 4.70. The molecule has 1 aliphatic rings. The molecule has 3 aromatic rings. The van der Waals surface area contributed by atoms with E-state index in [-0.39, 0.29) is 22.9 Å². The smallest absolute Gasteiger partial charge is 0.216 e. The Morgan fingerprint density at radius 3 is 2.90 bits per heavy atom. The number of carbonyl (C=O) groups is 1. The number of aromatic hydroxyl groups is 1. The molecule has 0 bridgehead atoms. The number of benzene rings is 1. The third kappa shape index (κ3) is 1.59. The summed E-state index contributed by atoms with van der Waals surface area (Å²) in [6.45, 7) is 0. The molecule has 0 fully saturated rings. The minimum atomic E-state index is -0.431. The minimum absolute atomic E-state index is 0.110. The summed E-state index contributed by atoms with van der Waals surface area (Å²) >= 11 is 0. The van der Waals surface area contributed by atoms with Gasteiger partial charge in [-0.1, -0.05) is 0 Å². The minimum Gasteiger partial charge on any atom is -0.494 e. The maximum Gasteiger partial charge on any atom is 0.216 e. The molecule has 2 N–H and O–H groups in total. The van der Waals surface area contributed by atoms with E-state index < -0.39 is 5.82 Å². The first kappa shape index (κ1) is 11.8. The zero-order valence-corrected chi connectivity index (χ0v) is 10.6. The van der Waals surface area contributed by atoms with Crippen LogP contribution < -0.4 is 0 Å². The van der Waals surface area contributed by atoms with E-state index in [4.69, 9.17) is 0 Å². The number of halogens is 1. The van der Waals surface area contributed by atoms with Gasteiger partial charge in [-0.15, -0.1) is 0 Å². The Hall–Kier alpha value is -3.02. The summed E-state index contributed by atoms with van der Waals surface area (Å²) in [6.07, 6.45) is 1.54. The van der Waals surface area contributed by atoms with Crippen LogP contribution in [0.3, 0.4) is 0 Å². The number of nitrogens with one attached hydrogen (secondary N) is 1. The Balaban J connectivity index is 1.97. The number of ketones is 1. The lowest BCUT2D eigenvalue weighted by molar-refractivity contribution is 0.107. The molecule has 0 amide bonds. The van der Waals surface area contributed by atoms with E-state index in [2.05, 4.69) is 15.0 Å². The fraction of sp³-hybridized carbons (Fsp3) is 0. The van der Waals surface area contributed by atoms with Gasteiger partial charge in [-0.3, -0.25) is 4.79 Å². The number of Topliss-reactive ketones (excluding diaryl/α,β-unsaturated/α-hetero) is 1. The molecule has 102 valence electrons. The molecule has 21 heavy (non-hydrogen) atoms. The molecule has 0 saturated carbocycles. The summed E-state index contributed by atoms with van der Waals surface area (Å²) in [4.78, 5) is 23.3. The van der Waals surface area contributed by atoms with Crippen LogP contribution >= 0.6 is 0 Å². The van der Waals surface area contributed by atoms with Crippen LogP contribution in [0, 0.1) is 5.82 Å². The zero-order chi connectivity index (χ0) is 14.6. The first-order chi connectivity index (χ1) is 10.1. The molecule has 3 heterocycles. The monoisotopic (exact) mass is 281 g/mol. The first-order valence-electron chi connectivity index (χ1n) is 6.24. The molecule has 0 unspecified atom stereocenters. The molecule has 0 spiro atoms. The number of rotatable bonds is 1. The number of aromatic amines is 1. The topological polar surface area (TPSA) is 78.3 Å². The Bertz CT molecular complexity index is 943. The third-order valence-electron chi connectivity index (χ3n) is 3.44. The summed E-state index contributed by atoms with van der Waals surface area (Å²) in [7, 11) is 0. The lowest BCUT2D eigenvalue weighted by atomic mass is 10.0. The zero-order valence-electron chi connectivity index (χ0n) is 10.6. The molecule has 0 saturated heterocycles. The van der Waals surface area contributed by atoms with Crippen molar-refractivity contribution in [3.05, 3.63) is 53.5 Å². The number of aromatic nitrogens is 2. The number of hydrogen-bond acceptors (Lipinski definition) is 4. The summed E-state index contributed by atoms with van der Waals surface area (Å²) in [6, 6.07) is 7.31. The molecule has 1 aliphatic heterocycles. The number of fused-ring (bicyclic) bond motifs is 2. The van der Waals surface area contributed by atoms with Crippen LogP contribution in [0.25, 0.3) is 10.9 Å². The number of carbonyl (C=O) groups excluding carboxylic acids is 1. The Kier molecular flexibility index (Phi) is 2.24. The number of nitrogens with zero attached hydrogens (tertiary/aromatic N) is 2. The van der Waals surface area contributed by atoms with Crippen LogP contribution in [0.4, 0.5) is 10.2 Å². The number of H-pyrrole nitrogens is 1. The van der Waals surface area contributed by atoms with Crippen molar-refractivity contribution in [1.29, 1.82) is 0 Å². The number of pyridine rings is 1. The molecule has 6 heteroatoms. The fourth-order valence-corrected chi connectivity index (χ4v) is 2.51. The van der Waals surface area contributed by atoms with Gasteiger partial charge in [0.25, 0.3) is 0 Å². The van der Waals surface area contributed by atoms with Gasteiger partial charge in [-0.05, 0) is 30.3 Å². The van der Waals surface area contributed by atoms with E-state index in [1.807, 2.05) is 0 Å². The molecule has 5 nitrogen and oxygen atoms in total. The maximum absolute atomic E-state index is 13.2. The van der Waals surface area contributed by atoms with Crippen molar-refractivity contribution >= 4 is 28.2 Å². The van der Waals surface area contributed by atoms with E-state index in [9.17, 15) is 14.3 Å². The summed E-state index contributed by atoms with van der Waals surface area (Å²) in [5.74, 6) is -0.623. The van der Waals surface area contributed by atoms with E-state index in [1.54, 1.807) is 18.3 Å². The summed E-state index contributed by atoms with van der Waals surface area (Å²) in [5, 5.41) is 10.6. The highest BCUT2D eigenvalue weighted by Gasteiger charge is 2.30. The molecular formula is C15H8FN3O2. The van der Waals surface area contributed by atoms with Crippen molar-refractivity contribution in [3.8, 4) is 5.88 Å². The van der Waals surface area contributed by atoms with Crippen molar-refractivity contribution < 1.29 is 14.3 Å². The Labute approximate surface area is 117 Å². The highest BCUT2D eigenvalue weighted by Crippen LogP contribution is 2.34. The Morgan fingerprint density at radius 2 is 2.10 bits per heavy atom. The first-order valence-corrected chi connectivity index (χ1v) is 6.24. The van der Waals surface area contributed by atoms with Crippen LogP contribution in [0.15, 0.2) is 41.5 Å². The SMILES string of the molecule is O=C1C(c2c(O)[nH]c3cc(F)ccc23)=Nc2ncccc21. The Morgan fingerprint density at radius 1 is 1.24 bits per heavy atom. The van der Waals surface area contributed by atoms with E-state index in [1.165, 1.54) is 18.2 Å². The van der Waals surface area contributed by atoms with Crippen molar-refractivity contribution in [2.24, 2.45) is 4.99 Å². The van der Waals surface area contributed by atoms with E-state index in [0.717, 1.165) is 0 Å². The summed E-state index contributed by atoms with van der Waals surface area (Å²) < 4.78 is 13.2. The molecular weight excluding hydrogens is 273 g/mol. The number of aliphatic imine (C=N–C) groups is 1. The molecule has 4 rings (SSSR count). The van der Waals surface area contributed by atoms with Gasteiger partial charge < -0.3 is 10.1 Å². The molecule has 0 radical (unpaired) electrons. The van der Waals surface area contributed by atoms with Gasteiger partial charge in [-0.25, -0.2) is 14.4 Å². The van der Waals surface area contributed by atoms with Gasteiger partial charge in [0.1, 0.15) is 11.5 Å². The van der Waals surface area contributed by atoms with Crippen LogP contribution in [-0.4, -0.2) is 26.6 Å². The second-order valence-corrected chi connectivity index (χ2v) is 4.70. The molecule has 2 aromatic heterocycles. The van der Waals surface area contributed by atoms with Crippen molar-refractivity contribution in [2.75, 3.05) is 0 Å². The van der Waals surface area contributed by atoms with Gasteiger partial charge in [-0.2, -0.15) is 0 Å². The van der Waals surface area contributed by atoms with E-state index >= 15 is 0 Å². The van der Waals surface area contributed by atoms with E-state index in [0.29, 0.717) is 22.3 Å². The predicted molar refractivity (Wildman–Crippen MR) is 74.7 cm³/mol. The van der Waals surface area contributed by atoms with Gasteiger partial charge in [0, 0.05) is 11.6 Å². The van der Waals surface area contributed by atoms with Crippen molar-refractivity contribution in [3.63, 3.8) is 0 Å². The number of hydrogen-bond donors (Lipinski definition) is 2. The second kappa shape index (κ2) is 3.99. The largest absolute Gasteiger partial charge is 0.494 e. The van der Waals surface area contributed by atoms with Crippen LogP contribution in [0.1, 0.15) is 15.9 Å². The summed E-state index contributed by atoms with van der Waals surface area (Å²) in [5.41, 5.74) is 1.18. The van der Waals surface area contributed by atoms with Crippen LogP contribution in [0.5, 0.6) is 5.88 Å². The van der Waals surface area contributed by atoms with Gasteiger partial charge in [0.05, 0.1) is 16.6 Å². The third-order valence-corrected chi connectivity index (χ3v) is 3.44. The lowest BCUT2D eigenvalue weighted by Gasteiger charge is -1.98. The van der Waals surface area contributed by atoms with Crippen molar-refractivity contribution in [2.45, 2.75) is 0 Å². The van der Waals surface area contributed by atoms with Gasteiger partial charge in [0.2, 0.25) is 5.78 Å². The normalized spacial score (nSPS) is 13.6. The highest BCUT2D eigenvalue weighted by atomic mass is 19.1. The molecule has 0 aliphatic carbocycles. The van der Waals surface area contributed by atoms with Gasteiger partial charge >= 0.3 is 0 Å². The van der Waals surface area contributed by atoms with Crippen LogP contribution in [0.2, 0.25) is 0 Å². The van der Waals surface area contributed by atoms with Crippen LogP contribution in [-0.2, 0) is 0 Å². The standard InChI is InChI=1S/C15H8FN3O2/c16-7-3-4-8-10(6-7)18-15(21)11(8)12-13(20)9-2-1-5-17-14(9)19-12/h1-6,18,21H. The predicted octanol–water partition coefficient (Wildman–Crippen LogP) is 2.72. The maximum atomic E-state index is 13.2. The molecule has 1 aromatic carbocycles. The lowest BCUT2D eigenvalue weighted by Crippen LogP contribution is -2.10.